The third kappa shape index (κ3) is 5.88. The average molecular weight is 488 g/mol. The molecular formula is C25H28F3N5O2. The molecule has 186 valence electrons. The Morgan fingerprint density at radius 2 is 1.83 bits per heavy atom. The Morgan fingerprint density at radius 1 is 1.14 bits per heavy atom. The summed E-state index contributed by atoms with van der Waals surface area (Å²) in [5, 5.41) is 18.6. The van der Waals surface area contributed by atoms with Gasteiger partial charge in [0.15, 0.2) is 0 Å². The molecule has 1 amide bonds. The van der Waals surface area contributed by atoms with Gasteiger partial charge in [-0.15, -0.1) is 0 Å². The van der Waals surface area contributed by atoms with E-state index in [1.165, 1.54) is 47.7 Å². The van der Waals surface area contributed by atoms with Gasteiger partial charge in [-0.25, -0.2) is 22.8 Å². The predicted octanol–water partition coefficient (Wildman–Crippen LogP) is 3.71. The van der Waals surface area contributed by atoms with Gasteiger partial charge in [-0.3, -0.25) is 9.69 Å². The minimum Gasteiger partial charge on any atom is -0.381 e. The number of piperidine rings is 1. The van der Waals surface area contributed by atoms with Crippen molar-refractivity contribution in [2.45, 2.75) is 44.4 Å². The highest BCUT2D eigenvalue weighted by atomic mass is 19.1. The summed E-state index contributed by atoms with van der Waals surface area (Å²) in [7, 11) is 0. The van der Waals surface area contributed by atoms with Crippen LogP contribution in [0.2, 0.25) is 0 Å². The number of carbonyl (C=O) groups excluding carboxylic acids is 1. The van der Waals surface area contributed by atoms with E-state index in [0.717, 1.165) is 12.1 Å². The van der Waals surface area contributed by atoms with Gasteiger partial charge >= 0.3 is 0 Å². The van der Waals surface area contributed by atoms with Gasteiger partial charge in [-0.05, 0) is 69.1 Å². The second-order valence-electron chi connectivity index (χ2n) is 9.06. The molecule has 0 radical (unpaired) electrons. The number of rotatable bonds is 8. The maximum Gasteiger partial charge on any atom is 0.224 e. The first-order valence-electron chi connectivity index (χ1n) is 11.5. The van der Waals surface area contributed by atoms with E-state index in [1.54, 1.807) is 6.92 Å². The molecule has 0 spiro atoms. The minimum absolute atomic E-state index is 0.0114. The number of hydrogen-bond acceptors (Lipinski definition) is 5. The van der Waals surface area contributed by atoms with E-state index in [1.807, 2.05) is 4.90 Å². The van der Waals surface area contributed by atoms with Gasteiger partial charge in [0, 0.05) is 29.8 Å². The number of aliphatic hydroxyl groups is 1. The minimum atomic E-state index is -1.70. The molecule has 1 aliphatic heterocycles. The maximum atomic E-state index is 14.8. The van der Waals surface area contributed by atoms with Crippen molar-refractivity contribution in [1.29, 1.82) is 0 Å². The highest BCUT2D eigenvalue weighted by molar-refractivity contribution is 5.90. The first kappa shape index (κ1) is 24.9. The fraction of sp³-hybridized carbons (Fsp3) is 0.400. The van der Waals surface area contributed by atoms with Crippen molar-refractivity contribution in [3.63, 3.8) is 0 Å². The molecule has 1 saturated heterocycles. The van der Waals surface area contributed by atoms with Crippen LogP contribution in [-0.2, 0) is 16.9 Å². The van der Waals surface area contributed by atoms with E-state index < -0.39 is 23.3 Å². The van der Waals surface area contributed by atoms with Gasteiger partial charge in [0.25, 0.3) is 0 Å². The summed E-state index contributed by atoms with van der Waals surface area (Å²) in [6, 6.07) is 8.25. The fourth-order valence-electron chi connectivity index (χ4n) is 4.70. The molecule has 0 saturated carbocycles. The zero-order chi connectivity index (χ0) is 25.0. The van der Waals surface area contributed by atoms with Crippen LogP contribution < -0.4 is 5.32 Å². The number of amides is 1. The van der Waals surface area contributed by atoms with Crippen molar-refractivity contribution in [3.8, 4) is 0 Å². The van der Waals surface area contributed by atoms with E-state index in [2.05, 4.69) is 15.4 Å². The summed E-state index contributed by atoms with van der Waals surface area (Å²) < 4.78 is 42.8. The van der Waals surface area contributed by atoms with Crippen LogP contribution in [0.5, 0.6) is 0 Å². The molecule has 2 aromatic carbocycles. The lowest BCUT2D eigenvalue weighted by molar-refractivity contribution is -0.117. The largest absolute Gasteiger partial charge is 0.381 e. The molecule has 2 atom stereocenters. The van der Waals surface area contributed by atoms with E-state index in [4.69, 9.17) is 0 Å². The lowest BCUT2D eigenvalue weighted by Gasteiger charge is -2.44. The van der Waals surface area contributed by atoms with Crippen molar-refractivity contribution in [1.82, 2.24) is 19.7 Å². The average Bonchev–Trinajstić information content (AvgIpc) is 3.33. The van der Waals surface area contributed by atoms with Crippen molar-refractivity contribution in [2.24, 2.45) is 5.92 Å². The van der Waals surface area contributed by atoms with Crippen LogP contribution in [0, 0.1) is 23.4 Å². The molecule has 0 unspecified atom stereocenters. The highest BCUT2D eigenvalue weighted by Gasteiger charge is 2.42. The van der Waals surface area contributed by atoms with E-state index in [0.29, 0.717) is 38.0 Å². The molecule has 35 heavy (non-hydrogen) atoms. The van der Waals surface area contributed by atoms with Gasteiger partial charge in [0.1, 0.15) is 35.7 Å². The van der Waals surface area contributed by atoms with Gasteiger partial charge in [-0.1, -0.05) is 6.07 Å². The lowest BCUT2D eigenvalue weighted by Crippen LogP contribution is -2.54. The smallest absolute Gasteiger partial charge is 0.224 e. The van der Waals surface area contributed by atoms with Crippen molar-refractivity contribution < 1.29 is 23.1 Å². The molecule has 3 aromatic rings. The molecule has 2 N–H and O–H groups in total. The predicted molar refractivity (Wildman–Crippen MR) is 124 cm³/mol. The summed E-state index contributed by atoms with van der Waals surface area (Å²) in [6.45, 7) is 2.94. The van der Waals surface area contributed by atoms with Gasteiger partial charge in [0.2, 0.25) is 5.91 Å². The first-order valence-corrected chi connectivity index (χ1v) is 11.5. The summed E-state index contributed by atoms with van der Waals surface area (Å²) in [5.74, 6) is -1.91. The number of hydrogen-bond donors (Lipinski definition) is 2. The number of aromatic nitrogens is 3. The number of anilines is 1. The first-order chi connectivity index (χ1) is 16.7. The topological polar surface area (TPSA) is 83.3 Å². The molecule has 0 aliphatic carbocycles. The van der Waals surface area contributed by atoms with Gasteiger partial charge in [0.05, 0.1) is 6.54 Å². The molecule has 2 heterocycles. The van der Waals surface area contributed by atoms with Crippen LogP contribution in [0.15, 0.2) is 55.1 Å². The Bertz CT molecular complexity index is 1130. The zero-order valence-electron chi connectivity index (χ0n) is 19.4. The zero-order valence-corrected chi connectivity index (χ0v) is 19.4. The number of carbonyl (C=O) groups is 1. The summed E-state index contributed by atoms with van der Waals surface area (Å²) in [5.41, 5.74) is -1.16. The fourth-order valence-corrected chi connectivity index (χ4v) is 4.70. The van der Waals surface area contributed by atoms with Crippen LogP contribution in [0.4, 0.5) is 18.9 Å². The Labute approximate surface area is 201 Å². The number of halogens is 3. The molecule has 10 heteroatoms. The monoisotopic (exact) mass is 487 g/mol. The highest BCUT2D eigenvalue weighted by Crippen LogP contribution is 2.35. The normalized spacial score (nSPS) is 17.6. The van der Waals surface area contributed by atoms with E-state index in [9.17, 15) is 23.1 Å². The SMILES string of the molecule is C[C@@H](N1CCC(CC(=O)Nc2ccc(F)cc2)CC1)[C@](O)(Cn1cncn1)c1ccc(F)cc1F. The molecule has 7 nitrogen and oxygen atoms in total. The number of likely N-dealkylation sites (tertiary alicyclic amines) is 1. The van der Waals surface area contributed by atoms with Crippen molar-refractivity contribution >= 4 is 11.6 Å². The molecule has 1 fully saturated rings. The summed E-state index contributed by atoms with van der Waals surface area (Å²) in [6.07, 6.45) is 4.52. The number of nitrogens with one attached hydrogen (secondary N) is 1. The quantitative estimate of drug-likeness (QED) is 0.506. The van der Waals surface area contributed by atoms with E-state index >= 15 is 0 Å². The summed E-state index contributed by atoms with van der Waals surface area (Å²) in [4.78, 5) is 18.4. The number of benzene rings is 2. The Morgan fingerprint density at radius 3 is 2.46 bits per heavy atom. The molecular weight excluding hydrogens is 459 g/mol. The third-order valence-electron chi connectivity index (χ3n) is 6.76. The Balaban J connectivity index is 1.42. The van der Waals surface area contributed by atoms with Crippen LogP contribution >= 0.6 is 0 Å². The molecule has 1 aliphatic rings. The third-order valence-corrected chi connectivity index (χ3v) is 6.76. The van der Waals surface area contributed by atoms with Gasteiger partial charge < -0.3 is 10.4 Å². The standard InChI is InChI=1S/C25H28F3N5O2/c1-17(25(35,14-33-16-29-15-30-33)22-7-4-20(27)13-23(22)28)32-10-8-18(9-11-32)12-24(34)31-21-5-2-19(26)3-6-21/h2-7,13,15-18,35H,8-12,14H2,1H3,(H,31,34)/t17-,25-/m1/s1. The molecule has 1 aromatic heterocycles. The van der Waals surface area contributed by atoms with E-state index in [-0.39, 0.29) is 29.8 Å². The van der Waals surface area contributed by atoms with Gasteiger partial charge in [-0.2, -0.15) is 5.10 Å². The van der Waals surface area contributed by atoms with Crippen molar-refractivity contribution in [3.05, 3.63) is 78.1 Å². The second kappa shape index (κ2) is 10.6. The summed E-state index contributed by atoms with van der Waals surface area (Å²) >= 11 is 0. The molecule has 4 rings (SSSR count). The lowest BCUT2D eigenvalue weighted by atomic mass is 9.83. The Kier molecular flexibility index (Phi) is 7.51. The van der Waals surface area contributed by atoms with Crippen LogP contribution in [0.1, 0.15) is 31.7 Å². The Hall–Kier alpha value is -3.24. The maximum absolute atomic E-state index is 14.8. The van der Waals surface area contributed by atoms with Crippen LogP contribution in [-0.4, -0.2) is 49.8 Å². The van der Waals surface area contributed by atoms with Crippen molar-refractivity contribution in [2.75, 3.05) is 18.4 Å². The van der Waals surface area contributed by atoms with Crippen LogP contribution in [0.25, 0.3) is 0 Å². The molecule has 0 bridgehead atoms. The number of nitrogens with zero attached hydrogens (tertiary/aromatic N) is 4. The van der Waals surface area contributed by atoms with Crippen LogP contribution in [0.3, 0.4) is 0 Å². The second-order valence-corrected chi connectivity index (χ2v) is 9.06.